The van der Waals surface area contributed by atoms with E-state index in [4.69, 9.17) is 10.5 Å². The van der Waals surface area contributed by atoms with Crippen LogP contribution in [0.15, 0.2) is 0 Å². The van der Waals surface area contributed by atoms with Gasteiger partial charge in [-0.1, -0.05) is 33.6 Å². The predicted molar refractivity (Wildman–Crippen MR) is 69.3 cm³/mol. The van der Waals surface area contributed by atoms with Gasteiger partial charge in [0, 0.05) is 12.0 Å². The molecule has 2 heteroatoms. The quantitative estimate of drug-likeness (QED) is 0.783. The van der Waals surface area contributed by atoms with Gasteiger partial charge in [-0.15, -0.1) is 0 Å². The van der Waals surface area contributed by atoms with Gasteiger partial charge < -0.3 is 10.5 Å². The second-order valence-electron chi connectivity index (χ2n) is 5.78. The van der Waals surface area contributed by atoms with E-state index >= 15 is 0 Å². The highest BCUT2D eigenvalue weighted by molar-refractivity contribution is 4.90. The lowest BCUT2D eigenvalue weighted by molar-refractivity contribution is 0.0482. The Balaban J connectivity index is 2.49. The van der Waals surface area contributed by atoms with E-state index in [0.29, 0.717) is 30.1 Å². The van der Waals surface area contributed by atoms with E-state index in [1.807, 2.05) is 0 Å². The lowest BCUT2D eigenvalue weighted by Crippen LogP contribution is -2.38. The third-order valence-corrected chi connectivity index (χ3v) is 4.27. The molecule has 1 heterocycles. The molecule has 1 rings (SSSR count). The number of hydrogen-bond acceptors (Lipinski definition) is 2. The lowest BCUT2D eigenvalue weighted by Gasteiger charge is -2.27. The van der Waals surface area contributed by atoms with Crippen molar-refractivity contribution in [2.45, 2.75) is 72.1 Å². The van der Waals surface area contributed by atoms with Crippen LogP contribution in [0.25, 0.3) is 0 Å². The van der Waals surface area contributed by atoms with E-state index in [2.05, 4.69) is 34.6 Å². The van der Waals surface area contributed by atoms with Gasteiger partial charge in [-0.3, -0.25) is 0 Å². The topological polar surface area (TPSA) is 35.2 Å². The Morgan fingerprint density at radius 2 is 1.81 bits per heavy atom. The highest BCUT2D eigenvalue weighted by Crippen LogP contribution is 2.35. The molecule has 16 heavy (non-hydrogen) atoms. The summed E-state index contributed by atoms with van der Waals surface area (Å²) in [4.78, 5) is 0. The van der Waals surface area contributed by atoms with Crippen molar-refractivity contribution in [3.63, 3.8) is 0 Å². The van der Waals surface area contributed by atoms with Crippen LogP contribution in [0.5, 0.6) is 0 Å². The first-order valence-electron chi connectivity index (χ1n) is 6.88. The summed E-state index contributed by atoms with van der Waals surface area (Å²) in [5, 5.41) is 0. The molecule has 1 saturated heterocycles. The van der Waals surface area contributed by atoms with Gasteiger partial charge in [0.05, 0.1) is 12.2 Å². The SMILES string of the molecule is CCCC(C)CC(N)C1C(C)OC(C)C1C. The first-order valence-corrected chi connectivity index (χ1v) is 6.88. The maximum Gasteiger partial charge on any atom is 0.0597 e. The van der Waals surface area contributed by atoms with Crippen molar-refractivity contribution < 1.29 is 4.74 Å². The molecule has 0 saturated carbocycles. The molecular formula is C14H29NO. The van der Waals surface area contributed by atoms with Crippen molar-refractivity contribution in [3.8, 4) is 0 Å². The van der Waals surface area contributed by atoms with Crippen LogP contribution in [0.3, 0.4) is 0 Å². The van der Waals surface area contributed by atoms with Gasteiger partial charge >= 0.3 is 0 Å². The molecule has 0 aliphatic carbocycles. The fourth-order valence-corrected chi connectivity index (χ4v) is 3.26. The Labute approximate surface area is 101 Å². The molecule has 0 spiro atoms. The van der Waals surface area contributed by atoms with E-state index in [9.17, 15) is 0 Å². The van der Waals surface area contributed by atoms with Gasteiger partial charge in [0.1, 0.15) is 0 Å². The Morgan fingerprint density at radius 1 is 1.19 bits per heavy atom. The van der Waals surface area contributed by atoms with Crippen LogP contribution in [-0.2, 0) is 4.74 Å². The fourth-order valence-electron chi connectivity index (χ4n) is 3.26. The highest BCUT2D eigenvalue weighted by atomic mass is 16.5. The molecule has 0 amide bonds. The molecule has 96 valence electrons. The number of rotatable bonds is 5. The van der Waals surface area contributed by atoms with Crippen molar-refractivity contribution in [2.24, 2.45) is 23.5 Å². The number of hydrogen-bond donors (Lipinski definition) is 1. The summed E-state index contributed by atoms with van der Waals surface area (Å²) in [5.41, 5.74) is 6.37. The third-order valence-electron chi connectivity index (χ3n) is 4.27. The molecular weight excluding hydrogens is 198 g/mol. The Hall–Kier alpha value is -0.0800. The fraction of sp³-hybridized carbons (Fsp3) is 1.00. The summed E-state index contributed by atoms with van der Waals surface area (Å²) in [5.74, 6) is 1.88. The Kier molecular flexibility index (Phi) is 5.26. The second kappa shape index (κ2) is 6.02. The zero-order chi connectivity index (χ0) is 12.3. The second-order valence-corrected chi connectivity index (χ2v) is 5.78. The predicted octanol–water partition coefficient (Wildman–Crippen LogP) is 3.20. The zero-order valence-corrected chi connectivity index (χ0v) is 11.6. The summed E-state index contributed by atoms with van der Waals surface area (Å²) >= 11 is 0. The van der Waals surface area contributed by atoms with Crippen LogP contribution in [0.4, 0.5) is 0 Å². The first-order chi connectivity index (χ1) is 7.47. The van der Waals surface area contributed by atoms with Gasteiger partial charge in [0.15, 0.2) is 0 Å². The smallest absolute Gasteiger partial charge is 0.0597 e. The molecule has 1 aliphatic heterocycles. The van der Waals surface area contributed by atoms with Crippen LogP contribution in [0.1, 0.15) is 53.9 Å². The van der Waals surface area contributed by atoms with Crippen LogP contribution >= 0.6 is 0 Å². The molecule has 1 aliphatic rings. The van der Waals surface area contributed by atoms with Gasteiger partial charge in [0.2, 0.25) is 0 Å². The number of ether oxygens (including phenoxy) is 1. The highest BCUT2D eigenvalue weighted by Gasteiger charge is 2.40. The Bertz CT molecular complexity index is 207. The molecule has 0 bridgehead atoms. The average molecular weight is 227 g/mol. The standard InChI is InChI=1S/C14H29NO/c1-6-7-9(2)8-13(15)14-10(3)11(4)16-12(14)5/h9-14H,6-8,15H2,1-5H3. The lowest BCUT2D eigenvalue weighted by atomic mass is 9.80. The molecule has 6 unspecified atom stereocenters. The van der Waals surface area contributed by atoms with Gasteiger partial charge in [0.25, 0.3) is 0 Å². The summed E-state index contributed by atoms with van der Waals surface area (Å²) in [6, 6.07) is 0.302. The van der Waals surface area contributed by atoms with Crippen molar-refractivity contribution in [1.82, 2.24) is 0 Å². The van der Waals surface area contributed by atoms with E-state index in [-0.39, 0.29) is 0 Å². The Morgan fingerprint density at radius 3 is 2.25 bits per heavy atom. The van der Waals surface area contributed by atoms with E-state index in [1.165, 1.54) is 12.8 Å². The molecule has 2 N–H and O–H groups in total. The largest absolute Gasteiger partial charge is 0.375 e. The average Bonchev–Trinajstić information content (AvgIpc) is 2.41. The van der Waals surface area contributed by atoms with Crippen LogP contribution in [0.2, 0.25) is 0 Å². The van der Waals surface area contributed by atoms with Crippen LogP contribution in [-0.4, -0.2) is 18.2 Å². The maximum atomic E-state index is 6.37. The minimum Gasteiger partial charge on any atom is -0.375 e. The minimum absolute atomic E-state index is 0.302. The summed E-state index contributed by atoms with van der Waals surface area (Å²) < 4.78 is 5.87. The molecule has 1 fully saturated rings. The van der Waals surface area contributed by atoms with E-state index < -0.39 is 0 Å². The monoisotopic (exact) mass is 227 g/mol. The van der Waals surface area contributed by atoms with Crippen molar-refractivity contribution in [1.29, 1.82) is 0 Å². The van der Waals surface area contributed by atoms with Crippen LogP contribution < -0.4 is 5.73 Å². The zero-order valence-electron chi connectivity index (χ0n) is 11.6. The third kappa shape index (κ3) is 3.21. The molecule has 0 radical (unpaired) electrons. The molecule has 0 aromatic rings. The van der Waals surface area contributed by atoms with Gasteiger partial charge in [-0.25, -0.2) is 0 Å². The molecule has 0 aromatic heterocycles. The van der Waals surface area contributed by atoms with E-state index in [0.717, 1.165) is 12.3 Å². The van der Waals surface area contributed by atoms with Crippen molar-refractivity contribution in [2.75, 3.05) is 0 Å². The van der Waals surface area contributed by atoms with Crippen molar-refractivity contribution >= 4 is 0 Å². The minimum atomic E-state index is 0.302. The van der Waals surface area contributed by atoms with Gasteiger partial charge in [-0.05, 0) is 32.1 Å². The summed E-state index contributed by atoms with van der Waals surface area (Å²) in [6.07, 6.45) is 4.39. The molecule has 6 atom stereocenters. The molecule has 2 nitrogen and oxygen atoms in total. The van der Waals surface area contributed by atoms with E-state index in [1.54, 1.807) is 0 Å². The maximum absolute atomic E-state index is 6.37. The van der Waals surface area contributed by atoms with Crippen LogP contribution in [0, 0.1) is 17.8 Å². The normalized spacial score (nSPS) is 38.6. The van der Waals surface area contributed by atoms with Crippen molar-refractivity contribution in [3.05, 3.63) is 0 Å². The summed E-state index contributed by atoms with van der Waals surface area (Å²) in [6.45, 7) is 11.2. The first kappa shape index (κ1) is 14.0. The number of nitrogens with two attached hydrogens (primary N) is 1. The molecule has 0 aromatic carbocycles. The summed E-state index contributed by atoms with van der Waals surface area (Å²) in [7, 11) is 0. The van der Waals surface area contributed by atoms with Gasteiger partial charge in [-0.2, -0.15) is 0 Å².